The van der Waals surface area contributed by atoms with Crippen LogP contribution in [0, 0.1) is 5.82 Å². The predicted molar refractivity (Wildman–Crippen MR) is 111 cm³/mol. The molecule has 1 aliphatic heterocycles. The predicted octanol–water partition coefficient (Wildman–Crippen LogP) is 5.37. The van der Waals surface area contributed by atoms with Gasteiger partial charge in [0.1, 0.15) is 5.82 Å². The molecule has 0 saturated carbocycles. The second-order valence-corrected chi connectivity index (χ2v) is 6.71. The lowest BCUT2D eigenvalue weighted by molar-refractivity contribution is 0.375. The van der Waals surface area contributed by atoms with Crippen molar-refractivity contribution >= 4 is 28.7 Å². The fourth-order valence-electron chi connectivity index (χ4n) is 3.15. The van der Waals surface area contributed by atoms with E-state index in [1.165, 1.54) is 12.1 Å². The molecule has 0 aromatic heterocycles. The summed E-state index contributed by atoms with van der Waals surface area (Å²) in [6, 6.07) is 26.3. The van der Waals surface area contributed by atoms with E-state index in [4.69, 9.17) is 17.3 Å². The molecule has 27 heavy (non-hydrogen) atoms. The Morgan fingerprint density at radius 1 is 0.926 bits per heavy atom. The Balaban J connectivity index is 1.65. The highest BCUT2D eigenvalue weighted by molar-refractivity contribution is 7.80. The molecule has 1 aliphatic rings. The molecule has 1 unspecified atom stereocenters. The van der Waals surface area contributed by atoms with Gasteiger partial charge in [-0.05, 0) is 47.6 Å². The minimum atomic E-state index is -0.252. The number of hydrazone groups is 1. The van der Waals surface area contributed by atoms with Crippen molar-refractivity contribution in [2.75, 3.05) is 5.32 Å². The number of nitrogens with one attached hydrogen (secondary N) is 1. The zero-order valence-electron chi connectivity index (χ0n) is 14.5. The van der Waals surface area contributed by atoms with E-state index in [1.807, 2.05) is 65.7 Å². The molecule has 0 saturated heterocycles. The molecule has 0 amide bonds. The summed E-state index contributed by atoms with van der Waals surface area (Å²) in [5.74, 6) is -0.252. The van der Waals surface area contributed by atoms with Gasteiger partial charge in [0.05, 0.1) is 11.8 Å². The molecule has 0 aliphatic carbocycles. The monoisotopic (exact) mass is 375 g/mol. The third-order valence-electron chi connectivity index (χ3n) is 4.51. The van der Waals surface area contributed by atoms with Gasteiger partial charge in [0.25, 0.3) is 0 Å². The fourth-order valence-corrected chi connectivity index (χ4v) is 3.44. The number of thiocarbonyl (C=S) groups is 1. The number of anilines is 1. The summed E-state index contributed by atoms with van der Waals surface area (Å²) in [6.45, 7) is 0. The van der Waals surface area contributed by atoms with Gasteiger partial charge in [0, 0.05) is 12.1 Å². The second-order valence-electron chi connectivity index (χ2n) is 6.32. The van der Waals surface area contributed by atoms with E-state index < -0.39 is 0 Å². The largest absolute Gasteiger partial charge is 0.331 e. The molecule has 1 N–H and O–H groups in total. The Morgan fingerprint density at radius 3 is 2.22 bits per heavy atom. The van der Waals surface area contributed by atoms with Crippen molar-refractivity contribution in [2.45, 2.75) is 12.5 Å². The Hall–Kier alpha value is -3.05. The summed E-state index contributed by atoms with van der Waals surface area (Å²) in [7, 11) is 0. The molecule has 3 nitrogen and oxygen atoms in total. The van der Waals surface area contributed by atoms with Gasteiger partial charge in [-0.3, -0.25) is 0 Å². The molecule has 3 aromatic rings. The van der Waals surface area contributed by atoms with E-state index in [0.29, 0.717) is 11.5 Å². The smallest absolute Gasteiger partial charge is 0.194 e. The quantitative estimate of drug-likeness (QED) is 0.624. The van der Waals surface area contributed by atoms with Crippen LogP contribution in [0.15, 0.2) is 90.0 Å². The van der Waals surface area contributed by atoms with E-state index >= 15 is 0 Å². The van der Waals surface area contributed by atoms with Gasteiger partial charge in [-0.2, -0.15) is 5.10 Å². The highest BCUT2D eigenvalue weighted by atomic mass is 32.1. The maximum Gasteiger partial charge on any atom is 0.194 e. The first-order chi connectivity index (χ1) is 13.2. The van der Waals surface area contributed by atoms with E-state index in [2.05, 4.69) is 5.32 Å². The highest BCUT2D eigenvalue weighted by Crippen LogP contribution is 2.33. The molecule has 1 heterocycles. The number of para-hydroxylation sites is 1. The van der Waals surface area contributed by atoms with Gasteiger partial charge in [-0.25, -0.2) is 9.40 Å². The Morgan fingerprint density at radius 2 is 1.56 bits per heavy atom. The summed E-state index contributed by atoms with van der Waals surface area (Å²) in [4.78, 5) is 0. The van der Waals surface area contributed by atoms with E-state index in [0.717, 1.165) is 22.5 Å². The number of rotatable bonds is 3. The van der Waals surface area contributed by atoms with Gasteiger partial charge in [0.2, 0.25) is 0 Å². The lowest BCUT2D eigenvalue weighted by Crippen LogP contribution is -2.31. The van der Waals surface area contributed by atoms with E-state index in [1.54, 1.807) is 12.1 Å². The minimum Gasteiger partial charge on any atom is -0.331 e. The van der Waals surface area contributed by atoms with E-state index in [9.17, 15) is 4.39 Å². The first-order valence-corrected chi connectivity index (χ1v) is 9.15. The van der Waals surface area contributed by atoms with Crippen LogP contribution in [0.25, 0.3) is 0 Å². The molecular weight excluding hydrogens is 357 g/mol. The summed E-state index contributed by atoms with van der Waals surface area (Å²) in [5, 5.41) is 10.4. The van der Waals surface area contributed by atoms with Crippen LogP contribution in [0.1, 0.15) is 23.6 Å². The number of nitrogens with zero attached hydrogens (tertiary/aromatic N) is 2. The molecule has 5 heteroatoms. The first kappa shape index (κ1) is 17.4. The third-order valence-corrected chi connectivity index (χ3v) is 4.79. The van der Waals surface area contributed by atoms with Crippen LogP contribution in [0.3, 0.4) is 0 Å². The maximum absolute atomic E-state index is 13.4. The van der Waals surface area contributed by atoms with Crippen molar-refractivity contribution in [1.82, 2.24) is 5.01 Å². The van der Waals surface area contributed by atoms with Gasteiger partial charge < -0.3 is 5.32 Å². The standard InChI is InChI=1S/C22H18FN3S/c23-18-13-11-17(12-14-18)21-15-20(16-7-3-1-4-8-16)25-26(21)22(27)24-19-9-5-2-6-10-19/h1-14,21H,15H2,(H,24,27). The summed E-state index contributed by atoms with van der Waals surface area (Å²) < 4.78 is 13.4. The van der Waals surface area contributed by atoms with Crippen LogP contribution in [-0.4, -0.2) is 15.8 Å². The molecule has 0 fully saturated rings. The highest BCUT2D eigenvalue weighted by Gasteiger charge is 2.31. The average molecular weight is 375 g/mol. The average Bonchev–Trinajstić information content (AvgIpc) is 3.16. The number of benzene rings is 3. The van der Waals surface area contributed by atoms with Crippen LogP contribution in [-0.2, 0) is 0 Å². The zero-order valence-corrected chi connectivity index (χ0v) is 15.4. The lowest BCUT2D eigenvalue weighted by atomic mass is 9.98. The minimum absolute atomic E-state index is 0.0791. The number of halogens is 1. The van der Waals surface area contributed by atoms with Gasteiger partial charge >= 0.3 is 0 Å². The van der Waals surface area contributed by atoms with Crippen molar-refractivity contribution in [2.24, 2.45) is 5.10 Å². The topological polar surface area (TPSA) is 27.6 Å². The van der Waals surface area contributed by atoms with Gasteiger partial charge in [-0.1, -0.05) is 60.7 Å². The van der Waals surface area contributed by atoms with Gasteiger partial charge in [0.15, 0.2) is 5.11 Å². The van der Waals surface area contributed by atoms with Crippen molar-refractivity contribution in [3.05, 3.63) is 102 Å². The first-order valence-electron chi connectivity index (χ1n) is 8.74. The molecule has 0 radical (unpaired) electrons. The Labute approximate surface area is 163 Å². The second kappa shape index (κ2) is 7.68. The normalized spacial score (nSPS) is 16.1. The van der Waals surface area contributed by atoms with Crippen LogP contribution in [0.5, 0.6) is 0 Å². The summed E-state index contributed by atoms with van der Waals surface area (Å²) in [5.41, 5.74) is 3.91. The van der Waals surface area contributed by atoms with Crippen molar-refractivity contribution in [1.29, 1.82) is 0 Å². The summed E-state index contributed by atoms with van der Waals surface area (Å²) in [6.07, 6.45) is 0.701. The molecule has 0 bridgehead atoms. The molecular formula is C22H18FN3S. The van der Waals surface area contributed by atoms with Crippen molar-refractivity contribution in [3.8, 4) is 0 Å². The van der Waals surface area contributed by atoms with Crippen LogP contribution in [0.4, 0.5) is 10.1 Å². The molecule has 0 spiro atoms. The Kier molecular flexibility index (Phi) is 4.94. The SMILES string of the molecule is Fc1ccc(C2CC(c3ccccc3)=NN2C(=S)Nc2ccccc2)cc1. The van der Waals surface area contributed by atoms with E-state index in [-0.39, 0.29) is 11.9 Å². The summed E-state index contributed by atoms with van der Waals surface area (Å²) >= 11 is 5.64. The van der Waals surface area contributed by atoms with Crippen molar-refractivity contribution < 1.29 is 4.39 Å². The van der Waals surface area contributed by atoms with Crippen molar-refractivity contribution in [3.63, 3.8) is 0 Å². The van der Waals surface area contributed by atoms with Crippen LogP contribution >= 0.6 is 12.2 Å². The maximum atomic E-state index is 13.4. The molecule has 3 aromatic carbocycles. The van der Waals surface area contributed by atoms with Gasteiger partial charge in [-0.15, -0.1) is 0 Å². The number of hydrogen-bond donors (Lipinski definition) is 1. The Bertz CT molecular complexity index is 956. The third kappa shape index (κ3) is 3.88. The lowest BCUT2D eigenvalue weighted by Gasteiger charge is -2.25. The molecule has 1 atom stereocenters. The van der Waals surface area contributed by atoms with Crippen LogP contribution < -0.4 is 5.32 Å². The van der Waals surface area contributed by atoms with Crippen LogP contribution in [0.2, 0.25) is 0 Å². The zero-order chi connectivity index (χ0) is 18.6. The number of hydrogen-bond acceptors (Lipinski definition) is 2. The fraction of sp³-hybridized carbons (Fsp3) is 0.0909. The molecule has 134 valence electrons. The molecule has 4 rings (SSSR count).